The molecule has 18 heavy (non-hydrogen) atoms. The number of nitrogens with two attached hydrogens (primary N) is 1. The quantitative estimate of drug-likeness (QED) is 0.734. The van der Waals surface area contributed by atoms with E-state index in [4.69, 9.17) is 10.5 Å². The predicted octanol–water partition coefficient (Wildman–Crippen LogP) is -0.767. The summed E-state index contributed by atoms with van der Waals surface area (Å²) in [6, 6.07) is 0.00770. The van der Waals surface area contributed by atoms with Crippen LogP contribution in [0.4, 0.5) is 0 Å². The number of hydrogen-bond donors (Lipinski definition) is 1. The van der Waals surface area contributed by atoms with Gasteiger partial charge in [0.05, 0.1) is 13.2 Å². The zero-order valence-electron chi connectivity index (χ0n) is 10.5. The van der Waals surface area contributed by atoms with Gasteiger partial charge in [-0.3, -0.25) is 0 Å². The standard InChI is InChI=1S/C11H21N3O3S/c12-11-8-14(7-10(11)9-1-2-9)18(15,16)13-3-5-17-6-4-13/h9-11H,1-8,12H2/t10-,11+/m1/s1. The van der Waals surface area contributed by atoms with Gasteiger partial charge in [0.25, 0.3) is 10.2 Å². The number of ether oxygens (including phenoxy) is 1. The average Bonchev–Trinajstić information content (AvgIpc) is 3.13. The van der Waals surface area contributed by atoms with Crippen LogP contribution in [0.25, 0.3) is 0 Å². The molecule has 3 rings (SSSR count). The van der Waals surface area contributed by atoms with E-state index in [2.05, 4.69) is 0 Å². The van der Waals surface area contributed by atoms with Crippen LogP contribution in [0.2, 0.25) is 0 Å². The van der Waals surface area contributed by atoms with Gasteiger partial charge in [-0.2, -0.15) is 17.0 Å². The second kappa shape index (κ2) is 4.72. The minimum atomic E-state index is -3.33. The van der Waals surface area contributed by atoms with E-state index >= 15 is 0 Å². The van der Waals surface area contributed by atoms with E-state index in [0.717, 1.165) is 0 Å². The summed E-state index contributed by atoms with van der Waals surface area (Å²) < 4.78 is 33.2. The third kappa shape index (κ3) is 2.30. The molecule has 2 N–H and O–H groups in total. The van der Waals surface area contributed by atoms with Crippen molar-refractivity contribution in [3.8, 4) is 0 Å². The first kappa shape index (κ1) is 12.8. The van der Waals surface area contributed by atoms with E-state index in [1.807, 2.05) is 0 Å². The van der Waals surface area contributed by atoms with E-state index in [1.54, 1.807) is 4.31 Å². The van der Waals surface area contributed by atoms with Gasteiger partial charge in [0, 0.05) is 32.2 Å². The fourth-order valence-electron chi connectivity index (χ4n) is 2.97. The molecular weight excluding hydrogens is 254 g/mol. The Bertz CT molecular complexity index is 404. The molecule has 2 atom stereocenters. The summed E-state index contributed by atoms with van der Waals surface area (Å²) in [6.07, 6.45) is 2.42. The van der Waals surface area contributed by atoms with Crippen molar-refractivity contribution < 1.29 is 13.2 Å². The lowest BCUT2D eigenvalue weighted by atomic mass is 9.99. The molecule has 7 heteroatoms. The normalized spacial score (nSPS) is 36.1. The van der Waals surface area contributed by atoms with Crippen LogP contribution in [-0.2, 0) is 14.9 Å². The van der Waals surface area contributed by atoms with Crippen molar-refractivity contribution in [2.24, 2.45) is 17.6 Å². The first-order valence-corrected chi connectivity index (χ1v) is 8.07. The molecule has 2 heterocycles. The summed E-state index contributed by atoms with van der Waals surface area (Å²) in [5.74, 6) is 1.02. The van der Waals surface area contributed by atoms with Gasteiger partial charge in [0.15, 0.2) is 0 Å². The molecule has 0 bridgehead atoms. The molecule has 3 aliphatic rings. The van der Waals surface area contributed by atoms with Crippen molar-refractivity contribution in [1.29, 1.82) is 0 Å². The molecular formula is C11H21N3O3S. The highest BCUT2D eigenvalue weighted by Gasteiger charge is 2.45. The molecule has 0 radical (unpaired) electrons. The van der Waals surface area contributed by atoms with Gasteiger partial charge in [-0.1, -0.05) is 0 Å². The van der Waals surface area contributed by atoms with Crippen LogP contribution < -0.4 is 5.73 Å². The number of morpholine rings is 1. The molecule has 0 aromatic carbocycles. The molecule has 104 valence electrons. The zero-order chi connectivity index (χ0) is 12.8. The van der Waals surface area contributed by atoms with E-state index < -0.39 is 10.2 Å². The number of rotatable bonds is 3. The van der Waals surface area contributed by atoms with Gasteiger partial charge in [-0.15, -0.1) is 0 Å². The molecule has 0 spiro atoms. The van der Waals surface area contributed by atoms with Crippen molar-refractivity contribution >= 4 is 10.2 Å². The summed E-state index contributed by atoms with van der Waals surface area (Å²) in [5, 5.41) is 0. The van der Waals surface area contributed by atoms with Crippen LogP contribution in [0.1, 0.15) is 12.8 Å². The first-order chi connectivity index (χ1) is 8.59. The molecule has 3 fully saturated rings. The summed E-state index contributed by atoms with van der Waals surface area (Å²) in [6.45, 7) is 2.98. The second-order valence-corrected chi connectivity index (χ2v) is 7.43. The Morgan fingerprint density at radius 3 is 2.33 bits per heavy atom. The molecule has 1 saturated carbocycles. The topological polar surface area (TPSA) is 75.9 Å². The lowest BCUT2D eigenvalue weighted by Gasteiger charge is -2.30. The maximum Gasteiger partial charge on any atom is 0.282 e. The number of hydrogen-bond acceptors (Lipinski definition) is 4. The minimum Gasteiger partial charge on any atom is -0.379 e. The highest BCUT2D eigenvalue weighted by atomic mass is 32.2. The Morgan fingerprint density at radius 1 is 1.06 bits per heavy atom. The van der Waals surface area contributed by atoms with Crippen molar-refractivity contribution in [2.45, 2.75) is 18.9 Å². The Balaban J connectivity index is 1.69. The predicted molar refractivity (Wildman–Crippen MR) is 67.1 cm³/mol. The van der Waals surface area contributed by atoms with Gasteiger partial charge in [-0.25, -0.2) is 0 Å². The lowest BCUT2D eigenvalue weighted by molar-refractivity contribution is 0.0705. The molecule has 2 saturated heterocycles. The SMILES string of the molecule is N[C@H]1CN(S(=O)(=O)N2CCOCC2)C[C@@H]1C1CC1. The fraction of sp³-hybridized carbons (Fsp3) is 1.00. The Kier molecular flexibility index (Phi) is 3.36. The highest BCUT2D eigenvalue weighted by molar-refractivity contribution is 7.86. The van der Waals surface area contributed by atoms with E-state index in [0.29, 0.717) is 51.2 Å². The van der Waals surface area contributed by atoms with Gasteiger partial charge in [0.1, 0.15) is 0 Å². The molecule has 0 unspecified atom stereocenters. The maximum absolute atomic E-state index is 12.5. The van der Waals surface area contributed by atoms with Crippen LogP contribution in [0, 0.1) is 11.8 Å². The zero-order valence-corrected chi connectivity index (χ0v) is 11.3. The van der Waals surface area contributed by atoms with Crippen molar-refractivity contribution in [2.75, 3.05) is 39.4 Å². The Labute approximate surface area is 108 Å². The second-order valence-electron chi connectivity index (χ2n) is 5.50. The highest BCUT2D eigenvalue weighted by Crippen LogP contribution is 2.41. The molecule has 0 aromatic rings. The van der Waals surface area contributed by atoms with Crippen LogP contribution >= 0.6 is 0 Å². The summed E-state index contributed by atoms with van der Waals surface area (Å²) in [7, 11) is -3.33. The van der Waals surface area contributed by atoms with E-state index in [-0.39, 0.29) is 6.04 Å². The summed E-state index contributed by atoms with van der Waals surface area (Å²) in [4.78, 5) is 0. The smallest absolute Gasteiger partial charge is 0.282 e. The van der Waals surface area contributed by atoms with Gasteiger partial charge in [-0.05, 0) is 24.7 Å². The maximum atomic E-state index is 12.5. The number of nitrogens with zero attached hydrogens (tertiary/aromatic N) is 2. The molecule has 0 amide bonds. The van der Waals surface area contributed by atoms with Gasteiger partial charge in [0.2, 0.25) is 0 Å². The van der Waals surface area contributed by atoms with E-state index in [9.17, 15) is 8.42 Å². The van der Waals surface area contributed by atoms with Crippen molar-refractivity contribution in [1.82, 2.24) is 8.61 Å². The van der Waals surface area contributed by atoms with Gasteiger partial charge >= 0.3 is 0 Å². The summed E-state index contributed by atoms with van der Waals surface area (Å²) in [5.41, 5.74) is 6.09. The van der Waals surface area contributed by atoms with Crippen molar-refractivity contribution in [3.05, 3.63) is 0 Å². The average molecular weight is 275 g/mol. The largest absolute Gasteiger partial charge is 0.379 e. The van der Waals surface area contributed by atoms with Crippen LogP contribution in [0.3, 0.4) is 0 Å². The van der Waals surface area contributed by atoms with Crippen LogP contribution in [0.5, 0.6) is 0 Å². The van der Waals surface area contributed by atoms with Crippen LogP contribution in [0.15, 0.2) is 0 Å². The monoisotopic (exact) mass is 275 g/mol. The van der Waals surface area contributed by atoms with E-state index in [1.165, 1.54) is 17.1 Å². The molecule has 6 nitrogen and oxygen atoms in total. The Hall–Kier alpha value is -0.210. The van der Waals surface area contributed by atoms with Crippen LogP contribution in [-0.4, -0.2) is 62.5 Å². The minimum absolute atomic E-state index is 0.00770. The summed E-state index contributed by atoms with van der Waals surface area (Å²) >= 11 is 0. The Morgan fingerprint density at radius 2 is 1.72 bits per heavy atom. The third-order valence-corrected chi connectivity index (χ3v) is 6.20. The third-order valence-electron chi connectivity index (χ3n) is 4.23. The van der Waals surface area contributed by atoms with Gasteiger partial charge < -0.3 is 10.5 Å². The lowest BCUT2D eigenvalue weighted by Crippen LogP contribution is -2.48. The molecule has 2 aliphatic heterocycles. The molecule has 0 aromatic heterocycles. The molecule has 1 aliphatic carbocycles. The fourth-order valence-corrected chi connectivity index (χ4v) is 4.63. The first-order valence-electron chi connectivity index (χ1n) is 6.67. The van der Waals surface area contributed by atoms with Crippen molar-refractivity contribution in [3.63, 3.8) is 0 Å².